The fraction of sp³-hybridized carbons (Fsp3) is 0.650. The molecule has 1 atom stereocenters. The van der Waals surface area contributed by atoms with Crippen molar-refractivity contribution in [3.8, 4) is 0 Å². The lowest BCUT2D eigenvalue weighted by atomic mass is 9.92. The van der Waals surface area contributed by atoms with Crippen LogP contribution in [0.4, 0.5) is 0 Å². The number of nitrogens with zero attached hydrogens (tertiary/aromatic N) is 1. The third-order valence-electron chi connectivity index (χ3n) is 6.19. The van der Waals surface area contributed by atoms with Gasteiger partial charge in [0.25, 0.3) is 0 Å². The zero-order chi connectivity index (χ0) is 18.9. The number of rotatable bonds is 4. The number of fused-ring (bicyclic) bond motifs is 1. The molecule has 2 fully saturated rings. The summed E-state index contributed by atoms with van der Waals surface area (Å²) in [5, 5.41) is 6.34. The van der Waals surface area contributed by atoms with Crippen molar-refractivity contribution < 1.29 is 13.2 Å². The van der Waals surface area contributed by atoms with Crippen molar-refractivity contribution in [2.45, 2.75) is 55.9 Å². The van der Waals surface area contributed by atoms with Crippen LogP contribution in [-0.2, 0) is 27.7 Å². The quantitative estimate of drug-likeness (QED) is 0.814. The summed E-state index contributed by atoms with van der Waals surface area (Å²) < 4.78 is 27.6. The molecule has 7 heteroatoms. The smallest absolute Gasteiger partial charge is 0.243 e. The van der Waals surface area contributed by atoms with Gasteiger partial charge in [0.15, 0.2) is 0 Å². The number of hydrogen-bond acceptors (Lipinski definition) is 4. The largest absolute Gasteiger partial charge is 0.352 e. The third kappa shape index (κ3) is 4.05. The Bertz CT molecular complexity index is 795. The van der Waals surface area contributed by atoms with Gasteiger partial charge in [0, 0.05) is 31.6 Å². The van der Waals surface area contributed by atoms with Gasteiger partial charge >= 0.3 is 0 Å². The molecule has 1 aliphatic carbocycles. The second-order valence-corrected chi connectivity index (χ2v) is 9.95. The average Bonchev–Trinajstić information content (AvgIpc) is 3.20. The Kier molecular flexibility index (Phi) is 5.53. The molecular formula is C20H29N3O3S. The molecule has 6 nitrogen and oxygen atoms in total. The number of hydrogen-bond donors (Lipinski definition) is 2. The van der Waals surface area contributed by atoms with E-state index in [0.717, 1.165) is 38.8 Å². The summed E-state index contributed by atoms with van der Waals surface area (Å²) in [6.07, 6.45) is 6.49. The molecule has 3 aliphatic rings. The van der Waals surface area contributed by atoms with Crippen LogP contribution in [0.15, 0.2) is 23.1 Å². The molecule has 27 heavy (non-hydrogen) atoms. The van der Waals surface area contributed by atoms with E-state index in [-0.39, 0.29) is 17.9 Å². The van der Waals surface area contributed by atoms with E-state index in [4.69, 9.17) is 0 Å². The molecule has 1 aromatic rings. The fourth-order valence-corrected chi connectivity index (χ4v) is 6.00. The molecule has 1 unspecified atom stereocenters. The molecule has 0 radical (unpaired) electrons. The highest BCUT2D eigenvalue weighted by Crippen LogP contribution is 2.28. The van der Waals surface area contributed by atoms with Gasteiger partial charge in [-0.3, -0.25) is 4.79 Å². The van der Waals surface area contributed by atoms with Crippen LogP contribution in [0.2, 0.25) is 0 Å². The standard InChI is InChI=1S/C20H29N3O3S/c24-20(22-18-7-10-21-14-18)16-8-11-23(12-9-16)27(25,26)19-6-5-15-3-1-2-4-17(15)13-19/h5-6,13,16,18,21H,1-4,7-12,14H2,(H,22,24). The van der Waals surface area contributed by atoms with E-state index in [2.05, 4.69) is 10.6 Å². The highest BCUT2D eigenvalue weighted by molar-refractivity contribution is 7.89. The summed E-state index contributed by atoms with van der Waals surface area (Å²) in [5.74, 6) is -0.00453. The molecule has 1 amide bonds. The van der Waals surface area contributed by atoms with Gasteiger partial charge in [-0.25, -0.2) is 8.42 Å². The zero-order valence-electron chi connectivity index (χ0n) is 15.7. The Hall–Kier alpha value is -1.44. The summed E-state index contributed by atoms with van der Waals surface area (Å²) in [7, 11) is -3.48. The second-order valence-electron chi connectivity index (χ2n) is 8.01. The summed E-state index contributed by atoms with van der Waals surface area (Å²) in [6.45, 7) is 2.61. The first-order chi connectivity index (χ1) is 13.0. The highest BCUT2D eigenvalue weighted by Gasteiger charge is 2.33. The number of sulfonamides is 1. The van der Waals surface area contributed by atoms with E-state index >= 15 is 0 Å². The van der Waals surface area contributed by atoms with Crippen LogP contribution in [-0.4, -0.2) is 50.9 Å². The molecule has 0 bridgehead atoms. The van der Waals surface area contributed by atoms with E-state index in [1.165, 1.54) is 17.5 Å². The summed E-state index contributed by atoms with van der Waals surface area (Å²) >= 11 is 0. The van der Waals surface area contributed by atoms with Crippen LogP contribution in [0.5, 0.6) is 0 Å². The lowest BCUT2D eigenvalue weighted by Crippen LogP contribution is -2.45. The summed E-state index contributed by atoms with van der Waals surface area (Å²) in [5.41, 5.74) is 2.47. The van der Waals surface area contributed by atoms with Crippen LogP contribution in [0.3, 0.4) is 0 Å². The van der Waals surface area contributed by atoms with Gasteiger partial charge in [-0.05, 0) is 74.8 Å². The maximum atomic E-state index is 13.0. The van der Waals surface area contributed by atoms with E-state index < -0.39 is 10.0 Å². The second kappa shape index (κ2) is 7.89. The molecule has 2 N–H and O–H groups in total. The van der Waals surface area contributed by atoms with Crippen LogP contribution in [0, 0.1) is 5.92 Å². The van der Waals surface area contributed by atoms with Crippen molar-refractivity contribution in [2.24, 2.45) is 5.92 Å². The van der Waals surface area contributed by atoms with Gasteiger partial charge in [-0.15, -0.1) is 0 Å². The normalized spacial score (nSPS) is 24.5. The monoisotopic (exact) mass is 391 g/mol. The molecule has 0 aromatic heterocycles. The van der Waals surface area contributed by atoms with E-state index in [1.54, 1.807) is 10.4 Å². The third-order valence-corrected chi connectivity index (χ3v) is 8.08. The predicted molar refractivity (Wildman–Crippen MR) is 104 cm³/mol. The van der Waals surface area contributed by atoms with E-state index in [0.29, 0.717) is 30.8 Å². The minimum atomic E-state index is -3.48. The van der Waals surface area contributed by atoms with Crippen LogP contribution >= 0.6 is 0 Å². The van der Waals surface area contributed by atoms with Gasteiger partial charge in [0.1, 0.15) is 0 Å². The first kappa shape index (κ1) is 18.9. The molecule has 0 saturated carbocycles. The van der Waals surface area contributed by atoms with Crippen molar-refractivity contribution in [3.05, 3.63) is 29.3 Å². The first-order valence-corrected chi connectivity index (χ1v) is 11.6. The van der Waals surface area contributed by atoms with E-state index in [9.17, 15) is 13.2 Å². The molecule has 4 rings (SSSR count). The number of benzene rings is 1. The minimum Gasteiger partial charge on any atom is -0.352 e. The Morgan fingerprint density at radius 1 is 1.07 bits per heavy atom. The number of nitrogens with one attached hydrogen (secondary N) is 2. The fourth-order valence-electron chi connectivity index (χ4n) is 4.47. The van der Waals surface area contributed by atoms with Gasteiger partial charge in [0.2, 0.25) is 15.9 Å². The van der Waals surface area contributed by atoms with Gasteiger partial charge < -0.3 is 10.6 Å². The minimum absolute atomic E-state index is 0.0783. The highest BCUT2D eigenvalue weighted by atomic mass is 32.2. The average molecular weight is 392 g/mol. The summed E-state index contributed by atoms with van der Waals surface area (Å²) in [6, 6.07) is 5.83. The molecule has 2 saturated heterocycles. The van der Waals surface area contributed by atoms with Crippen molar-refractivity contribution in [1.82, 2.24) is 14.9 Å². The number of amides is 1. The van der Waals surface area contributed by atoms with Gasteiger partial charge in [-0.2, -0.15) is 4.31 Å². The SMILES string of the molecule is O=C(NC1CCNC1)C1CCN(S(=O)(=O)c2ccc3c(c2)CCCC3)CC1. The zero-order valence-corrected chi connectivity index (χ0v) is 16.6. The Balaban J connectivity index is 1.39. The van der Waals surface area contributed by atoms with E-state index in [1.807, 2.05) is 12.1 Å². The maximum absolute atomic E-state index is 13.0. The lowest BCUT2D eigenvalue weighted by Gasteiger charge is -2.31. The van der Waals surface area contributed by atoms with Gasteiger partial charge in [-0.1, -0.05) is 6.07 Å². The molecule has 0 spiro atoms. The molecule has 1 aromatic carbocycles. The molecule has 2 heterocycles. The Labute approximate surface area is 161 Å². The lowest BCUT2D eigenvalue weighted by molar-refractivity contribution is -0.126. The maximum Gasteiger partial charge on any atom is 0.243 e. The van der Waals surface area contributed by atoms with Crippen molar-refractivity contribution >= 4 is 15.9 Å². The van der Waals surface area contributed by atoms with Gasteiger partial charge in [0.05, 0.1) is 4.90 Å². The molecular weight excluding hydrogens is 362 g/mol. The molecule has 2 aliphatic heterocycles. The van der Waals surface area contributed by atoms with Crippen molar-refractivity contribution in [1.29, 1.82) is 0 Å². The predicted octanol–water partition coefficient (Wildman–Crippen LogP) is 1.44. The van der Waals surface area contributed by atoms with Crippen LogP contribution in [0.25, 0.3) is 0 Å². The number of carbonyl (C=O) groups is 1. The number of aryl methyl sites for hydroxylation is 2. The van der Waals surface area contributed by atoms with Crippen LogP contribution in [0.1, 0.15) is 43.2 Å². The topological polar surface area (TPSA) is 78.5 Å². The first-order valence-electron chi connectivity index (χ1n) is 10.2. The number of piperidine rings is 1. The molecule has 148 valence electrons. The number of carbonyl (C=O) groups excluding carboxylic acids is 1. The summed E-state index contributed by atoms with van der Waals surface area (Å²) in [4.78, 5) is 12.8. The Morgan fingerprint density at radius 3 is 2.52 bits per heavy atom. The Morgan fingerprint density at radius 2 is 1.81 bits per heavy atom. The van der Waals surface area contributed by atoms with Crippen LogP contribution < -0.4 is 10.6 Å². The van der Waals surface area contributed by atoms with Crippen molar-refractivity contribution in [2.75, 3.05) is 26.2 Å². The van der Waals surface area contributed by atoms with Crippen molar-refractivity contribution in [3.63, 3.8) is 0 Å².